The van der Waals surface area contributed by atoms with Gasteiger partial charge in [-0.05, 0) is 111 Å². The highest BCUT2D eigenvalue weighted by atomic mass is 16.8. The fourth-order valence-electron chi connectivity index (χ4n) is 17.3. The summed E-state index contributed by atoms with van der Waals surface area (Å²) in [7, 11) is 0. The maximum Gasteiger partial charge on any atom is 0.187 e. The Balaban J connectivity index is 0.782. The van der Waals surface area contributed by atoms with E-state index in [0.29, 0.717) is 54.3 Å². The maximum absolute atomic E-state index is 12.0. The van der Waals surface area contributed by atoms with Gasteiger partial charge in [0.15, 0.2) is 37.2 Å². The Bertz CT molecular complexity index is 2130. The van der Waals surface area contributed by atoms with Crippen LogP contribution in [0.15, 0.2) is 0 Å². The van der Waals surface area contributed by atoms with Gasteiger partial charge in [0.25, 0.3) is 0 Å². The second-order valence-corrected chi connectivity index (χ2v) is 26.7. The largest absolute Gasteiger partial charge is 0.394 e. The Kier molecular flexibility index (Phi) is 18.6. The van der Waals surface area contributed by atoms with Crippen LogP contribution in [0.3, 0.4) is 0 Å². The van der Waals surface area contributed by atoms with Gasteiger partial charge >= 0.3 is 0 Å². The third-order valence-electron chi connectivity index (χ3n) is 22.1. The Morgan fingerprint density at radius 2 is 1.06 bits per heavy atom. The molecule has 26 nitrogen and oxygen atoms in total. The van der Waals surface area contributed by atoms with Gasteiger partial charge in [0.05, 0.1) is 51.3 Å². The number of rotatable bonds is 13. The Morgan fingerprint density at radius 1 is 0.463 bits per heavy atom. The van der Waals surface area contributed by atoms with Crippen LogP contribution in [0.25, 0.3) is 0 Å². The molecule has 14 N–H and O–H groups in total. The van der Waals surface area contributed by atoms with Gasteiger partial charge in [-0.15, -0.1) is 0 Å². The van der Waals surface area contributed by atoms with Crippen molar-refractivity contribution in [3.8, 4) is 0 Å². The van der Waals surface area contributed by atoms with Gasteiger partial charge in [0.2, 0.25) is 0 Å². The number of fused-ring (bicyclic) bond motifs is 7. The van der Waals surface area contributed by atoms with Crippen LogP contribution in [-0.2, 0) is 56.8 Å². The van der Waals surface area contributed by atoms with Crippen molar-refractivity contribution in [2.75, 3.05) is 33.0 Å². The van der Waals surface area contributed by atoms with E-state index in [1.807, 2.05) is 0 Å². The van der Waals surface area contributed by atoms with Crippen molar-refractivity contribution >= 4 is 0 Å². The van der Waals surface area contributed by atoms with E-state index in [4.69, 9.17) is 56.8 Å². The smallest absolute Gasteiger partial charge is 0.187 e. The minimum atomic E-state index is -2.12. The van der Waals surface area contributed by atoms with Gasteiger partial charge < -0.3 is 128 Å². The highest BCUT2D eigenvalue weighted by Gasteiger charge is 2.70. The van der Waals surface area contributed by atoms with Gasteiger partial charge in [0, 0.05) is 12.3 Å². The van der Waals surface area contributed by atoms with Crippen molar-refractivity contribution in [1.29, 1.82) is 0 Å². The summed E-state index contributed by atoms with van der Waals surface area (Å²) in [6.07, 6.45) is -32.8. The first-order valence-corrected chi connectivity index (χ1v) is 30.1. The molecule has 1 spiro atoms. The van der Waals surface area contributed by atoms with E-state index in [2.05, 4.69) is 27.7 Å². The van der Waals surface area contributed by atoms with Crippen molar-refractivity contribution in [3.05, 3.63) is 0 Å². The number of ether oxygens (including phenoxy) is 12. The second-order valence-electron chi connectivity index (χ2n) is 26.7. The molecule has 472 valence electrons. The van der Waals surface area contributed by atoms with E-state index in [-0.39, 0.29) is 23.0 Å². The molecule has 7 heterocycles. The molecule has 11 rings (SSSR count). The Labute approximate surface area is 476 Å². The highest BCUT2D eigenvalue weighted by Crippen LogP contribution is 2.71. The molecule has 0 aromatic rings. The molecule has 0 amide bonds. The zero-order valence-electron chi connectivity index (χ0n) is 47.3. The Hall–Kier alpha value is -1.04. The summed E-state index contributed by atoms with van der Waals surface area (Å²) in [6, 6.07) is 0. The summed E-state index contributed by atoms with van der Waals surface area (Å²) < 4.78 is 73.7. The molecular formula is C56H92O26. The quantitative estimate of drug-likeness (QED) is 0.0799. The van der Waals surface area contributed by atoms with Crippen LogP contribution >= 0.6 is 0 Å². The van der Waals surface area contributed by atoms with Crippen LogP contribution in [0, 0.1) is 52.3 Å². The van der Waals surface area contributed by atoms with E-state index in [1.165, 1.54) is 6.92 Å². The van der Waals surface area contributed by atoms with Crippen molar-refractivity contribution in [1.82, 2.24) is 0 Å². The molecule has 0 radical (unpaired) electrons. The van der Waals surface area contributed by atoms with Gasteiger partial charge in [-0.25, -0.2) is 0 Å². The summed E-state index contributed by atoms with van der Waals surface area (Å²) in [5.74, 6) is 2.88. The fraction of sp³-hybridized carbons (Fsp3) is 1.00. The predicted molar refractivity (Wildman–Crippen MR) is 273 cm³/mol. The molecule has 4 saturated carbocycles. The number of hydrogen-bond donors (Lipinski definition) is 14. The van der Waals surface area contributed by atoms with Crippen LogP contribution in [0.1, 0.15) is 98.8 Å². The van der Waals surface area contributed by atoms with Crippen LogP contribution < -0.4 is 0 Å². The molecule has 82 heavy (non-hydrogen) atoms. The molecule has 0 aromatic carbocycles. The molecule has 0 bridgehead atoms. The first-order valence-electron chi connectivity index (χ1n) is 30.1. The first-order chi connectivity index (χ1) is 39.0. The number of hydrogen-bond acceptors (Lipinski definition) is 26. The average Bonchev–Trinajstić information content (AvgIpc) is 1.57. The molecule has 7 aliphatic heterocycles. The van der Waals surface area contributed by atoms with E-state index in [9.17, 15) is 71.5 Å². The third kappa shape index (κ3) is 10.9. The maximum atomic E-state index is 12.0. The molecule has 4 aliphatic carbocycles. The lowest BCUT2D eigenvalue weighted by Crippen LogP contribution is -2.69. The molecule has 7 saturated heterocycles. The zero-order valence-corrected chi connectivity index (χ0v) is 47.3. The molecule has 0 aromatic heterocycles. The van der Waals surface area contributed by atoms with Crippen LogP contribution in [0.2, 0.25) is 0 Å². The van der Waals surface area contributed by atoms with Crippen molar-refractivity contribution in [2.45, 2.75) is 264 Å². The molecule has 36 atom stereocenters. The van der Waals surface area contributed by atoms with E-state index in [1.54, 1.807) is 0 Å². The average molecular weight is 1180 g/mol. The van der Waals surface area contributed by atoms with Crippen LogP contribution in [0.4, 0.5) is 0 Å². The third-order valence-corrected chi connectivity index (χ3v) is 22.1. The van der Waals surface area contributed by atoms with Crippen molar-refractivity contribution in [2.24, 2.45) is 52.3 Å². The zero-order chi connectivity index (χ0) is 58.6. The standard InChI is InChI=1S/C56H92O26/c1-21-8-13-56(72-19-21)22(2)34-30(82-56)15-28-26-7-6-24-14-25(9-11-54(24,4)27(26)10-12-55(28,34)5)74-51-43(69)40(66)45(33(18-59)77-51)78-53-48(47(38(64)32(17-58)76-53)80-49-41(67)36(62)29(60)20-71-49)81-52-44(70)46(37(63)31(16-57)75-52)79-50-42(68)39(65)35(61)23(3)73-50/h21-53,57-70H,6-20H2,1-5H3. The summed E-state index contributed by atoms with van der Waals surface area (Å²) in [4.78, 5) is 0. The lowest BCUT2D eigenvalue weighted by molar-refractivity contribution is -0.409. The molecule has 11 fully saturated rings. The number of aliphatic hydroxyl groups excluding tert-OH is 14. The van der Waals surface area contributed by atoms with E-state index >= 15 is 0 Å². The summed E-state index contributed by atoms with van der Waals surface area (Å²) in [6.45, 7) is 8.48. The van der Waals surface area contributed by atoms with Crippen LogP contribution in [0.5, 0.6) is 0 Å². The molecular weight excluding hydrogens is 1090 g/mol. The first kappa shape index (κ1) is 62.6. The highest BCUT2D eigenvalue weighted by molar-refractivity contribution is 5.16. The minimum Gasteiger partial charge on any atom is -0.394 e. The van der Waals surface area contributed by atoms with Gasteiger partial charge in [-0.1, -0.05) is 27.7 Å². The fourth-order valence-corrected chi connectivity index (χ4v) is 17.3. The van der Waals surface area contributed by atoms with Crippen LogP contribution in [-0.4, -0.2) is 270 Å². The SMILES string of the molecule is CC1CCC2(OC1)OC1CC3C4CCC5CC(OC6OC(CO)C(OC7OC(CO)C(O)C(OC8OCC(O)C(O)C8O)C7OC7OC(CO)C(O)C(OC8OC(C)C(O)C(O)C8O)C7O)C(O)C6O)CCC5(C)C4CCC3(C)C1C2C. The normalized spacial score (nSPS) is 57.9. The van der Waals surface area contributed by atoms with E-state index < -0.39 is 180 Å². The second kappa shape index (κ2) is 24.4. The molecule has 36 unspecified atom stereocenters. The topological polar surface area (TPSA) is 394 Å². The lowest BCUT2D eigenvalue weighted by atomic mass is 9.44. The van der Waals surface area contributed by atoms with Gasteiger partial charge in [-0.3, -0.25) is 0 Å². The van der Waals surface area contributed by atoms with Gasteiger partial charge in [-0.2, -0.15) is 0 Å². The van der Waals surface area contributed by atoms with E-state index in [0.717, 1.165) is 58.0 Å². The minimum absolute atomic E-state index is 0.0587. The molecule has 26 heteroatoms. The Morgan fingerprint density at radius 3 is 1.76 bits per heavy atom. The van der Waals surface area contributed by atoms with Gasteiger partial charge in [0.1, 0.15) is 110 Å². The summed E-state index contributed by atoms with van der Waals surface area (Å²) in [5.41, 5.74) is 0.236. The monoisotopic (exact) mass is 1180 g/mol. The number of aliphatic hydroxyl groups is 14. The summed E-state index contributed by atoms with van der Waals surface area (Å²) >= 11 is 0. The predicted octanol–water partition coefficient (Wildman–Crippen LogP) is -3.42. The molecule has 11 aliphatic rings. The summed E-state index contributed by atoms with van der Waals surface area (Å²) in [5, 5.41) is 154. The lowest BCUT2D eigenvalue weighted by Gasteiger charge is -2.61. The van der Waals surface area contributed by atoms with Crippen molar-refractivity contribution in [3.63, 3.8) is 0 Å². The van der Waals surface area contributed by atoms with Crippen molar-refractivity contribution < 1.29 is 128 Å².